The molecule has 3 heterocycles. The molecule has 0 aliphatic carbocycles. The molecule has 18 heteroatoms. The Morgan fingerprint density at radius 3 is 1.86 bits per heavy atom. The number of carboxylic acid groups (broad SMARTS) is 1. The molecule has 3 fully saturated rings. The number of carbonyl (C=O) groups is 1. The first kappa shape index (κ1) is 30.4. The zero-order valence-electron chi connectivity index (χ0n) is 18.3. The molecule has 0 aromatic heterocycles. The summed E-state index contributed by atoms with van der Waals surface area (Å²) >= 11 is 0. The van der Waals surface area contributed by atoms with Gasteiger partial charge in [0.2, 0.25) is 0 Å². The fraction of sp³-hybridized carbons (Fsp3) is 0.941. The Morgan fingerprint density at radius 2 is 1.43 bits per heavy atom. The third kappa shape index (κ3) is 8.06. The maximum atomic E-state index is 11.1. The fourth-order valence-corrected chi connectivity index (χ4v) is 4.19. The number of hydrogen-bond acceptors (Lipinski definition) is 14. The van der Waals surface area contributed by atoms with E-state index >= 15 is 0 Å². The molecule has 0 radical (unpaired) electrons. The number of phosphoric acid groups is 1. The summed E-state index contributed by atoms with van der Waals surface area (Å²) in [5.74, 6) is -0.720. The SMILES string of the molecule is O=C(O)[C@@H]1CCCN1.O=P(O)(O)O[C@H]1[C@@H](O[C@H]2O[C@H](CO)[C@@H](O)[C@H](O)[C@H]2O)O[C@H](CO)[C@@H](O)[C@@H]1O. The minimum Gasteiger partial charge on any atom is -0.480 e. The molecule has 0 saturated carbocycles. The van der Waals surface area contributed by atoms with Crippen LogP contribution >= 0.6 is 7.82 Å². The van der Waals surface area contributed by atoms with Crippen molar-refractivity contribution >= 4 is 13.8 Å². The van der Waals surface area contributed by atoms with E-state index in [2.05, 4.69) is 9.84 Å². The summed E-state index contributed by atoms with van der Waals surface area (Å²) in [6, 6.07) is -0.269. The van der Waals surface area contributed by atoms with Crippen molar-refractivity contribution in [3.8, 4) is 0 Å². The smallest absolute Gasteiger partial charge is 0.470 e. The van der Waals surface area contributed by atoms with E-state index in [4.69, 9.17) is 34.2 Å². The Hall–Kier alpha value is -0.860. The first-order valence-electron chi connectivity index (χ1n) is 10.6. The van der Waals surface area contributed by atoms with Crippen LogP contribution in [0.5, 0.6) is 0 Å². The number of nitrogens with one attached hydrogen (secondary N) is 1. The van der Waals surface area contributed by atoms with Crippen molar-refractivity contribution in [1.29, 1.82) is 0 Å². The Balaban J connectivity index is 0.000000456. The van der Waals surface area contributed by atoms with Gasteiger partial charge in [0.1, 0.15) is 54.9 Å². The Kier molecular flexibility index (Phi) is 11.4. The van der Waals surface area contributed by atoms with Crippen molar-refractivity contribution < 1.29 is 78.7 Å². The number of aliphatic carboxylic acids is 1. The molecule has 35 heavy (non-hydrogen) atoms. The number of phosphoric ester groups is 1. The molecular weight excluding hydrogens is 505 g/mol. The summed E-state index contributed by atoms with van der Waals surface area (Å²) in [7, 11) is -5.20. The molecule has 0 unspecified atom stereocenters. The molecule has 0 aromatic carbocycles. The number of ether oxygens (including phenoxy) is 3. The molecule has 0 spiro atoms. The number of rotatable bonds is 7. The number of carboxylic acids is 1. The number of aliphatic hydroxyl groups is 7. The van der Waals surface area contributed by atoms with Crippen molar-refractivity contribution in [3.63, 3.8) is 0 Å². The maximum Gasteiger partial charge on any atom is 0.470 e. The van der Waals surface area contributed by atoms with E-state index in [1.807, 2.05) is 0 Å². The van der Waals surface area contributed by atoms with Crippen molar-refractivity contribution in [2.45, 2.75) is 80.3 Å². The quantitative estimate of drug-likeness (QED) is 0.135. The van der Waals surface area contributed by atoms with E-state index in [1.165, 1.54) is 0 Å². The van der Waals surface area contributed by atoms with Crippen molar-refractivity contribution in [2.24, 2.45) is 0 Å². The fourth-order valence-electron chi connectivity index (χ4n) is 3.64. The number of hydrogen-bond donors (Lipinski definition) is 11. The molecule has 11 atom stereocenters. The van der Waals surface area contributed by atoms with Crippen molar-refractivity contribution in [3.05, 3.63) is 0 Å². The largest absolute Gasteiger partial charge is 0.480 e. The second-order valence-electron chi connectivity index (χ2n) is 8.09. The first-order chi connectivity index (χ1) is 16.3. The average Bonchev–Trinajstić information content (AvgIpc) is 3.34. The lowest BCUT2D eigenvalue weighted by Crippen LogP contribution is -2.64. The highest BCUT2D eigenvalue weighted by Crippen LogP contribution is 2.42. The third-order valence-corrected chi connectivity index (χ3v) is 6.08. The Morgan fingerprint density at radius 1 is 0.886 bits per heavy atom. The molecule has 11 N–H and O–H groups in total. The van der Waals surface area contributed by atoms with Gasteiger partial charge in [-0.25, -0.2) is 4.57 Å². The maximum absolute atomic E-state index is 11.1. The lowest BCUT2D eigenvalue weighted by atomic mass is 9.98. The van der Waals surface area contributed by atoms with E-state index in [-0.39, 0.29) is 6.04 Å². The lowest BCUT2D eigenvalue weighted by molar-refractivity contribution is -0.374. The van der Waals surface area contributed by atoms with Crippen LogP contribution in [0.15, 0.2) is 0 Å². The van der Waals surface area contributed by atoms with Gasteiger partial charge in [0, 0.05) is 0 Å². The van der Waals surface area contributed by atoms with Crippen molar-refractivity contribution in [2.75, 3.05) is 19.8 Å². The summed E-state index contributed by atoms with van der Waals surface area (Å²) in [4.78, 5) is 28.1. The van der Waals surface area contributed by atoms with Gasteiger partial charge in [-0.15, -0.1) is 0 Å². The predicted octanol–water partition coefficient (Wildman–Crippen LogP) is -5.46. The highest BCUT2D eigenvalue weighted by molar-refractivity contribution is 7.46. The second kappa shape index (κ2) is 13.1. The molecule has 3 aliphatic rings. The average molecular weight is 537 g/mol. The summed E-state index contributed by atoms with van der Waals surface area (Å²) in [5.41, 5.74) is 0. The van der Waals surface area contributed by atoms with Gasteiger partial charge in [0.25, 0.3) is 0 Å². The van der Waals surface area contributed by atoms with Crippen LogP contribution in [-0.2, 0) is 28.1 Å². The monoisotopic (exact) mass is 537 g/mol. The topological polar surface area (TPSA) is 285 Å². The first-order valence-corrected chi connectivity index (χ1v) is 12.1. The molecule has 3 aliphatic heterocycles. The predicted molar refractivity (Wildman–Crippen MR) is 108 cm³/mol. The van der Waals surface area contributed by atoms with Gasteiger partial charge in [-0.2, -0.15) is 0 Å². The van der Waals surface area contributed by atoms with Gasteiger partial charge in [-0.05, 0) is 19.4 Å². The third-order valence-electron chi connectivity index (χ3n) is 5.56. The van der Waals surface area contributed by atoms with Gasteiger partial charge in [0.15, 0.2) is 12.6 Å². The van der Waals surface area contributed by atoms with Gasteiger partial charge in [0.05, 0.1) is 13.2 Å². The van der Waals surface area contributed by atoms with Crippen molar-refractivity contribution in [1.82, 2.24) is 5.32 Å². The van der Waals surface area contributed by atoms with E-state index in [9.17, 15) is 40.0 Å². The van der Waals surface area contributed by atoms with Gasteiger partial charge >= 0.3 is 13.8 Å². The van der Waals surface area contributed by atoms with E-state index in [0.717, 1.165) is 19.4 Å². The molecule has 3 saturated heterocycles. The minimum absolute atomic E-state index is 0.269. The lowest BCUT2D eigenvalue weighted by Gasteiger charge is -2.45. The van der Waals surface area contributed by atoms with Gasteiger partial charge < -0.3 is 70.2 Å². The molecule has 0 amide bonds. The highest BCUT2D eigenvalue weighted by Gasteiger charge is 2.51. The molecule has 0 bridgehead atoms. The zero-order chi connectivity index (χ0) is 26.5. The van der Waals surface area contributed by atoms with Crippen LogP contribution in [0.3, 0.4) is 0 Å². The standard InChI is InChI=1S/C12H23O14P.C5H9NO2/c13-1-3-5(15)7(17)9(19)11(23-3)25-12-10(26-27(20,21)22)8(18)6(16)4(2-14)24-12;7-5(8)4-2-1-3-6-4/h3-19H,1-2H2,(H2,20,21,22);4,6H,1-3H2,(H,7,8)/t3-,4-,5-,6-,7+,8+,9-,10-,11-,12-;4-/m10/s1. The summed E-state index contributed by atoms with van der Waals surface area (Å²) in [5, 5.41) is 78.9. The van der Waals surface area contributed by atoms with Crippen LogP contribution in [0.25, 0.3) is 0 Å². The molecule has 3 rings (SSSR count). The molecular formula is C17H32NO16P. The van der Waals surface area contributed by atoms with Crippen LogP contribution in [0.4, 0.5) is 0 Å². The van der Waals surface area contributed by atoms with Crippen LogP contribution in [-0.4, -0.2) is 144 Å². The number of aliphatic hydroxyl groups excluding tert-OH is 7. The normalized spacial score (nSPS) is 42.3. The van der Waals surface area contributed by atoms with E-state index in [0.29, 0.717) is 0 Å². The Labute approximate surface area is 198 Å². The van der Waals surface area contributed by atoms with Crippen LogP contribution < -0.4 is 5.32 Å². The zero-order valence-corrected chi connectivity index (χ0v) is 19.1. The van der Waals surface area contributed by atoms with E-state index < -0.39 is 88.4 Å². The Bertz CT molecular complexity index is 716. The molecule has 0 aromatic rings. The van der Waals surface area contributed by atoms with Crippen LogP contribution in [0.2, 0.25) is 0 Å². The summed E-state index contributed by atoms with van der Waals surface area (Å²) in [6.07, 6.45) is -15.8. The second-order valence-corrected chi connectivity index (χ2v) is 9.28. The molecule has 206 valence electrons. The van der Waals surface area contributed by atoms with Gasteiger partial charge in [-0.3, -0.25) is 9.32 Å². The summed E-state index contributed by atoms with van der Waals surface area (Å²) < 4.78 is 30.9. The minimum atomic E-state index is -5.20. The van der Waals surface area contributed by atoms with Gasteiger partial charge in [-0.1, -0.05) is 0 Å². The summed E-state index contributed by atoms with van der Waals surface area (Å²) in [6.45, 7) is -0.717. The van der Waals surface area contributed by atoms with E-state index in [1.54, 1.807) is 0 Å². The molecule has 17 nitrogen and oxygen atoms in total. The van der Waals surface area contributed by atoms with Crippen LogP contribution in [0.1, 0.15) is 12.8 Å². The highest BCUT2D eigenvalue weighted by atomic mass is 31.2. The van der Waals surface area contributed by atoms with Crippen LogP contribution in [0, 0.1) is 0 Å².